The Morgan fingerprint density at radius 1 is 1.27 bits per heavy atom. The molecule has 0 aliphatic rings. The van der Waals surface area contributed by atoms with Gasteiger partial charge in [-0.25, -0.2) is 4.39 Å². The third-order valence-electron chi connectivity index (χ3n) is 1.62. The quantitative estimate of drug-likeness (QED) is 0.488. The maximum Gasteiger partial charge on any atom is 0.186 e. The van der Waals surface area contributed by atoms with Crippen LogP contribution in [0, 0.1) is 9.39 Å². The third-order valence-corrected chi connectivity index (χ3v) is 2.24. The number of allylic oxidation sites excluding steroid dienone is 2. The maximum absolute atomic E-state index is 12.9. The van der Waals surface area contributed by atoms with Crippen molar-refractivity contribution in [3.8, 4) is 0 Å². The molecular formula is C11H8FIO2. The van der Waals surface area contributed by atoms with E-state index in [4.69, 9.17) is 0 Å². The summed E-state index contributed by atoms with van der Waals surface area (Å²) < 4.78 is 13.6. The summed E-state index contributed by atoms with van der Waals surface area (Å²) >= 11 is 1.92. The molecule has 0 bridgehead atoms. The van der Waals surface area contributed by atoms with Crippen molar-refractivity contribution in [2.24, 2.45) is 0 Å². The highest BCUT2D eigenvalue weighted by atomic mass is 127. The molecular weight excluding hydrogens is 310 g/mol. The Morgan fingerprint density at radius 2 is 1.93 bits per heavy atom. The third kappa shape index (κ3) is 3.91. The summed E-state index contributed by atoms with van der Waals surface area (Å²) in [6, 6.07) is 4.04. The van der Waals surface area contributed by atoms with Gasteiger partial charge in [-0.15, -0.1) is 0 Å². The standard InChI is InChI=1S/C11H8FIO2/c1-7(14)2-3-11(15)8-4-9(12)6-10(13)5-8/h2-6H,1H3/b3-2+. The fraction of sp³-hybridized carbons (Fsp3) is 0.0909. The second-order valence-electron chi connectivity index (χ2n) is 2.97. The molecule has 0 spiro atoms. The Hall–Kier alpha value is -1.04. The predicted octanol–water partition coefficient (Wildman–Crippen LogP) is 2.76. The summed E-state index contributed by atoms with van der Waals surface area (Å²) in [5.74, 6) is -1.04. The van der Waals surface area contributed by atoms with Crippen LogP contribution < -0.4 is 0 Å². The summed E-state index contributed by atoms with van der Waals surface area (Å²) in [5.41, 5.74) is 0.247. The van der Waals surface area contributed by atoms with Crippen LogP contribution in [0.25, 0.3) is 0 Å². The van der Waals surface area contributed by atoms with E-state index in [-0.39, 0.29) is 17.1 Å². The minimum atomic E-state index is -0.457. The molecule has 0 aliphatic carbocycles. The Kier molecular flexibility index (Phi) is 4.14. The molecule has 0 aromatic heterocycles. The van der Waals surface area contributed by atoms with E-state index in [0.717, 1.165) is 12.1 Å². The van der Waals surface area contributed by atoms with Crippen molar-refractivity contribution in [2.45, 2.75) is 6.92 Å². The van der Waals surface area contributed by atoms with Crippen molar-refractivity contribution < 1.29 is 14.0 Å². The summed E-state index contributed by atoms with van der Waals surface area (Å²) in [6.45, 7) is 1.35. The number of rotatable bonds is 3. The van der Waals surface area contributed by atoms with Gasteiger partial charge in [0.05, 0.1) is 0 Å². The fourth-order valence-electron chi connectivity index (χ4n) is 0.985. The second-order valence-corrected chi connectivity index (χ2v) is 4.21. The van der Waals surface area contributed by atoms with E-state index >= 15 is 0 Å². The molecule has 0 radical (unpaired) electrons. The first-order chi connectivity index (χ1) is 6.99. The van der Waals surface area contributed by atoms with Crippen LogP contribution >= 0.6 is 22.6 Å². The molecule has 0 heterocycles. The summed E-state index contributed by atoms with van der Waals surface area (Å²) in [7, 11) is 0. The van der Waals surface area contributed by atoms with Gasteiger partial charge < -0.3 is 0 Å². The molecule has 0 atom stereocenters. The normalized spacial score (nSPS) is 10.6. The lowest BCUT2D eigenvalue weighted by Gasteiger charge is -1.97. The molecule has 0 fully saturated rings. The van der Waals surface area contributed by atoms with Crippen LogP contribution in [0.2, 0.25) is 0 Å². The summed E-state index contributed by atoms with van der Waals surface area (Å²) in [4.78, 5) is 22.0. The van der Waals surface area contributed by atoms with Crippen LogP contribution in [0.3, 0.4) is 0 Å². The van der Waals surface area contributed by atoms with Crippen LogP contribution in [0.5, 0.6) is 0 Å². The average molecular weight is 318 g/mol. The van der Waals surface area contributed by atoms with Gasteiger partial charge in [-0.1, -0.05) is 0 Å². The molecule has 0 saturated heterocycles. The van der Waals surface area contributed by atoms with Crippen molar-refractivity contribution >= 4 is 34.2 Å². The van der Waals surface area contributed by atoms with E-state index < -0.39 is 5.82 Å². The molecule has 2 nitrogen and oxygen atoms in total. The van der Waals surface area contributed by atoms with Crippen LogP contribution in [-0.4, -0.2) is 11.6 Å². The highest BCUT2D eigenvalue weighted by Gasteiger charge is 2.05. The maximum atomic E-state index is 12.9. The van der Waals surface area contributed by atoms with Gasteiger partial charge in [0.15, 0.2) is 11.6 Å². The smallest absolute Gasteiger partial charge is 0.186 e. The van der Waals surface area contributed by atoms with Crippen molar-refractivity contribution in [3.63, 3.8) is 0 Å². The molecule has 1 rings (SSSR count). The average Bonchev–Trinajstić information content (AvgIpc) is 2.12. The molecule has 0 unspecified atom stereocenters. The number of hydrogen-bond acceptors (Lipinski definition) is 2. The lowest BCUT2D eigenvalue weighted by Crippen LogP contribution is -1.97. The van der Waals surface area contributed by atoms with E-state index in [1.54, 1.807) is 6.07 Å². The van der Waals surface area contributed by atoms with Gasteiger partial charge in [-0.2, -0.15) is 0 Å². The minimum Gasteiger partial charge on any atom is -0.295 e. The highest BCUT2D eigenvalue weighted by molar-refractivity contribution is 14.1. The Balaban J connectivity index is 2.96. The molecule has 0 aliphatic heterocycles. The van der Waals surface area contributed by atoms with Gasteiger partial charge in [-0.3, -0.25) is 9.59 Å². The molecule has 0 amide bonds. The fourth-order valence-corrected chi connectivity index (χ4v) is 1.62. The topological polar surface area (TPSA) is 34.1 Å². The molecule has 78 valence electrons. The van der Waals surface area contributed by atoms with Gasteiger partial charge in [0.25, 0.3) is 0 Å². The second kappa shape index (κ2) is 5.16. The highest BCUT2D eigenvalue weighted by Crippen LogP contribution is 2.12. The van der Waals surface area contributed by atoms with E-state index in [1.165, 1.54) is 19.1 Å². The van der Waals surface area contributed by atoms with Gasteiger partial charge in [0.2, 0.25) is 0 Å². The minimum absolute atomic E-state index is 0.213. The molecule has 1 aromatic carbocycles. The first-order valence-electron chi connectivity index (χ1n) is 4.18. The Morgan fingerprint density at radius 3 is 2.47 bits per heavy atom. The number of ketones is 2. The zero-order chi connectivity index (χ0) is 11.4. The first kappa shape index (κ1) is 12.0. The van der Waals surface area contributed by atoms with Gasteiger partial charge in [0, 0.05) is 9.13 Å². The Labute approximate surface area is 100 Å². The predicted molar refractivity (Wildman–Crippen MR) is 63.3 cm³/mol. The molecule has 0 saturated carbocycles. The Bertz CT molecular complexity index is 418. The zero-order valence-corrected chi connectivity index (χ0v) is 10.1. The number of carbonyl (C=O) groups excluding carboxylic acids is 2. The monoisotopic (exact) mass is 318 g/mol. The summed E-state index contributed by atoms with van der Waals surface area (Å²) in [5, 5.41) is 0. The molecule has 1 aromatic rings. The van der Waals surface area contributed by atoms with E-state index in [1.807, 2.05) is 22.6 Å². The van der Waals surface area contributed by atoms with Crippen LogP contribution in [0.15, 0.2) is 30.4 Å². The van der Waals surface area contributed by atoms with Crippen LogP contribution in [-0.2, 0) is 4.79 Å². The van der Waals surface area contributed by atoms with E-state index in [9.17, 15) is 14.0 Å². The van der Waals surface area contributed by atoms with Gasteiger partial charge >= 0.3 is 0 Å². The molecule has 15 heavy (non-hydrogen) atoms. The number of hydrogen-bond donors (Lipinski definition) is 0. The summed E-state index contributed by atoms with van der Waals surface area (Å²) in [6.07, 6.45) is 2.31. The number of halogens is 2. The largest absolute Gasteiger partial charge is 0.295 e. The van der Waals surface area contributed by atoms with Crippen molar-refractivity contribution in [2.75, 3.05) is 0 Å². The lowest BCUT2D eigenvalue weighted by atomic mass is 10.1. The van der Waals surface area contributed by atoms with E-state index in [0.29, 0.717) is 3.57 Å². The lowest BCUT2D eigenvalue weighted by molar-refractivity contribution is -0.112. The molecule has 4 heteroatoms. The van der Waals surface area contributed by atoms with Crippen LogP contribution in [0.4, 0.5) is 4.39 Å². The molecule has 0 N–H and O–H groups in total. The van der Waals surface area contributed by atoms with Gasteiger partial charge in [0.1, 0.15) is 5.82 Å². The van der Waals surface area contributed by atoms with Crippen LogP contribution in [0.1, 0.15) is 17.3 Å². The first-order valence-corrected chi connectivity index (χ1v) is 5.26. The van der Waals surface area contributed by atoms with E-state index in [2.05, 4.69) is 0 Å². The SMILES string of the molecule is CC(=O)/C=C/C(=O)c1cc(F)cc(I)c1. The van der Waals surface area contributed by atoms with Gasteiger partial charge in [-0.05, 0) is 59.9 Å². The number of carbonyl (C=O) groups is 2. The number of benzene rings is 1. The van der Waals surface area contributed by atoms with Crippen molar-refractivity contribution in [1.82, 2.24) is 0 Å². The zero-order valence-electron chi connectivity index (χ0n) is 7.96. The van der Waals surface area contributed by atoms with Crippen molar-refractivity contribution in [1.29, 1.82) is 0 Å². The van der Waals surface area contributed by atoms with Crippen molar-refractivity contribution in [3.05, 3.63) is 45.3 Å².